The molecule has 1 heterocycles. The van der Waals surface area contributed by atoms with E-state index in [-0.39, 0.29) is 5.41 Å². The molecule has 0 saturated heterocycles. The summed E-state index contributed by atoms with van der Waals surface area (Å²) >= 11 is 0. The molecule has 3 nitrogen and oxygen atoms in total. The van der Waals surface area contributed by atoms with Crippen LogP contribution in [0.5, 0.6) is 5.75 Å². The molecule has 1 aromatic heterocycles. The lowest BCUT2D eigenvalue weighted by molar-refractivity contribution is 0.441. The van der Waals surface area contributed by atoms with E-state index in [0.29, 0.717) is 5.75 Å². The van der Waals surface area contributed by atoms with Gasteiger partial charge in [0.25, 0.3) is 0 Å². The number of aromatic nitrogens is 1. The number of hydrogen-bond donors (Lipinski definition) is 1. The molecule has 3 rings (SSSR count). The summed E-state index contributed by atoms with van der Waals surface area (Å²) in [7, 11) is 0. The Hall–Kier alpha value is -1.77. The van der Waals surface area contributed by atoms with Crippen molar-refractivity contribution in [3.8, 4) is 5.75 Å². The third kappa shape index (κ3) is 1.16. The zero-order valence-electron chi connectivity index (χ0n) is 8.18. The number of benzene rings is 1. The maximum atomic E-state index is 9.82. The number of hydrogen-bond acceptors (Lipinski definition) is 3. The van der Waals surface area contributed by atoms with Gasteiger partial charge < -0.3 is 9.52 Å². The third-order valence-corrected chi connectivity index (χ3v) is 3.07. The van der Waals surface area contributed by atoms with Crippen LogP contribution in [0.3, 0.4) is 0 Å². The standard InChI is InChI=1S/C12H11NO2/c14-10-4-2-1-3-9(10)12(5-6-12)11-7-13-8-15-11/h1-4,7-8,14H,5-6H2. The van der Waals surface area contributed by atoms with Crippen LogP contribution in [0.25, 0.3) is 0 Å². The third-order valence-electron chi connectivity index (χ3n) is 3.07. The van der Waals surface area contributed by atoms with E-state index in [1.165, 1.54) is 6.39 Å². The van der Waals surface area contributed by atoms with Gasteiger partial charge >= 0.3 is 0 Å². The molecule has 1 aliphatic rings. The number of oxazole rings is 1. The quantitative estimate of drug-likeness (QED) is 0.811. The minimum atomic E-state index is -0.123. The van der Waals surface area contributed by atoms with Gasteiger partial charge in [0.05, 0.1) is 11.6 Å². The van der Waals surface area contributed by atoms with Crippen LogP contribution in [0.4, 0.5) is 0 Å². The van der Waals surface area contributed by atoms with E-state index in [1.54, 1.807) is 12.3 Å². The zero-order chi connectivity index (χ0) is 10.3. The van der Waals surface area contributed by atoms with Crippen molar-refractivity contribution in [1.82, 2.24) is 4.98 Å². The summed E-state index contributed by atoms with van der Waals surface area (Å²) in [4.78, 5) is 3.94. The van der Waals surface area contributed by atoms with E-state index in [0.717, 1.165) is 24.2 Å². The number of aromatic hydroxyl groups is 1. The lowest BCUT2D eigenvalue weighted by atomic mass is 9.93. The van der Waals surface area contributed by atoms with Crippen molar-refractivity contribution in [2.75, 3.05) is 0 Å². The smallest absolute Gasteiger partial charge is 0.180 e. The van der Waals surface area contributed by atoms with Crippen molar-refractivity contribution in [1.29, 1.82) is 0 Å². The van der Waals surface area contributed by atoms with Crippen LogP contribution in [0, 0.1) is 0 Å². The fourth-order valence-corrected chi connectivity index (χ4v) is 2.10. The van der Waals surface area contributed by atoms with Gasteiger partial charge in [0.2, 0.25) is 0 Å². The van der Waals surface area contributed by atoms with Gasteiger partial charge in [-0.2, -0.15) is 0 Å². The molecular weight excluding hydrogens is 190 g/mol. The van der Waals surface area contributed by atoms with Gasteiger partial charge in [-0.1, -0.05) is 18.2 Å². The van der Waals surface area contributed by atoms with Crippen LogP contribution in [0.1, 0.15) is 24.2 Å². The van der Waals surface area contributed by atoms with Crippen molar-refractivity contribution < 1.29 is 9.52 Å². The Morgan fingerprint density at radius 3 is 2.67 bits per heavy atom. The summed E-state index contributed by atoms with van der Waals surface area (Å²) < 4.78 is 5.35. The number of phenols is 1. The van der Waals surface area contributed by atoms with E-state index in [2.05, 4.69) is 4.98 Å². The van der Waals surface area contributed by atoms with Gasteiger partial charge in [0, 0.05) is 5.56 Å². The molecule has 0 amide bonds. The van der Waals surface area contributed by atoms with Crippen LogP contribution in [-0.2, 0) is 5.41 Å². The molecule has 1 fully saturated rings. The fourth-order valence-electron chi connectivity index (χ4n) is 2.10. The lowest BCUT2D eigenvalue weighted by Gasteiger charge is -2.13. The van der Waals surface area contributed by atoms with Gasteiger partial charge in [0.1, 0.15) is 11.5 Å². The van der Waals surface area contributed by atoms with Crippen LogP contribution in [0.2, 0.25) is 0 Å². The summed E-state index contributed by atoms with van der Waals surface area (Å²) in [6.45, 7) is 0. The highest BCUT2D eigenvalue weighted by Gasteiger charge is 2.50. The first-order valence-corrected chi connectivity index (χ1v) is 5.00. The highest BCUT2D eigenvalue weighted by molar-refractivity contribution is 5.47. The van der Waals surface area contributed by atoms with Crippen molar-refractivity contribution in [2.45, 2.75) is 18.3 Å². The topological polar surface area (TPSA) is 46.3 Å². The second-order valence-corrected chi connectivity index (χ2v) is 3.96. The summed E-state index contributed by atoms with van der Waals surface area (Å²) in [5, 5.41) is 9.82. The van der Waals surface area contributed by atoms with E-state index in [9.17, 15) is 5.11 Å². The van der Waals surface area contributed by atoms with Gasteiger partial charge in [-0.25, -0.2) is 4.98 Å². The SMILES string of the molecule is Oc1ccccc1C1(c2cnco2)CC1. The van der Waals surface area contributed by atoms with Gasteiger partial charge in [-0.15, -0.1) is 0 Å². The minimum absolute atomic E-state index is 0.123. The Morgan fingerprint density at radius 1 is 1.27 bits per heavy atom. The molecule has 15 heavy (non-hydrogen) atoms. The molecule has 76 valence electrons. The molecule has 0 radical (unpaired) electrons. The summed E-state index contributed by atoms with van der Waals surface area (Å²) in [5.41, 5.74) is 0.823. The second-order valence-electron chi connectivity index (χ2n) is 3.96. The average molecular weight is 201 g/mol. The predicted molar refractivity (Wildman–Crippen MR) is 54.6 cm³/mol. The van der Waals surface area contributed by atoms with E-state index in [4.69, 9.17) is 4.42 Å². The molecule has 3 heteroatoms. The first-order valence-electron chi connectivity index (χ1n) is 5.00. The molecule has 1 saturated carbocycles. The zero-order valence-corrected chi connectivity index (χ0v) is 8.18. The molecule has 0 bridgehead atoms. The Morgan fingerprint density at radius 2 is 2.07 bits per heavy atom. The molecule has 0 unspecified atom stereocenters. The Kier molecular flexibility index (Phi) is 1.63. The molecule has 0 spiro atoms. The van der Waals surface area contributed by atoms with Gasteiger partial charge in [-0.3, -0.25) is 0 Å². The number of rotatable bonds is 2. The van der Waals surface area contributed by atoms with Crippen LogP contribution >= 0.6 is 0 Å². The Bertz CT molecular complexity index is 472. The van der Waals surface area contributed by atoms with E-state index >= 15 is 0 Å². The first-order chi connectivity index (χ1) is 7.33. The maximum absolute atomic E-state index is 9.82. The summed E-state index contributed by atoms with van der Waals surface area (Å²) in [5.74, 6) is 1.19. The number of nitrogens with zero attached hydrogens (tertiary/aromatic N) is 1. The van der Waals surface area contributed by atoms with Gasteiger partial charge in [-0.05, 0) is 18.9 Å². The molecule has 1 aromatic carbocycles. The lowest BCUT2D eigenvalue weighted by Crippen LogP contribution is -2.07. The maximum Gasteiger partial charge on any atom is 0.180 e. The van der Waals surface area contributed by atoms with E-state index < -0.39 is 0 Å². The van der Waals surface area contributed by atoms with Crippen LogP contribution in [0.15, 0.2) is 41.3 Å². The minimum Gasteiger partial charge on any atom is -0.508 e. The monoisotopic (exact) mass is 201 g/mol. The van der Waals surface area contributed by atoms with Gasteiger partial charge in [0.15, 0.2) is 6.39 Å². The molecule has 0 aliphatic heterocycles. The Labute approximate surface area is 87.4 Å². The molecule has 1 N–H and O–H groups in total. The molecular formula is C12H11NO2. The molecule has 0 atom stereocenters. The van der Waals surface area contributed by atoms with Crippen LogP contribution < -0.4 is 0 Å². The molecule has 1 aliphatic carbocycles. The average Bonchev–Trinajstić information content (AvgIpc) is 2.87. The van der Waals surface area contributed by atoms with Crippen molar-refractivity contribution in [3.05, 3.63) is 48.2 Å². The fraction of sp³-hybridized carbons (Fsp3) is 0.250. The number of phenolic OH excluding ortho intramolecular Hbond substituents is 1. The number of para-hydroxylation sites is 1. The van der Waals surface area contributed by atoms with Crippen molar-refractivity contribution in [2.24, 2.45) is 0 Å². The first kappa shape index (κ1) is 8.53. The summed E-state index contributed by atoms with van der Waals surface area (Å²) in [6.07, 6.45) is 5.20. The predicted octanol–water partition coefficient (Wildman–Crippen LogP) is 2.46. The normalized spacial score (nSPS) is 17.6. The summed E-state index contributed by atoms with van der Waals surface area (Å²) in [6, 6.07) is 7.43. The largest absolute Gasteiger partial charge is 0.508 e. The van der Waals surface area contributed by atoms with E-state index in [1.807, 2.05) is 18.2 Å². The highest BCUT2D eigenvalue weighted by atomic mass is 16.3. The van der Waals surface area contributed by atoms with Crippen molar-refractivity contribution in [3.63, 3.8) is 0 Å². The van der Waals surface area contributed by atoms with Crippen molar-refractivity contribution >= 4 is 0 Å². The van der Waals surface area contributed by atoms with Crippen LogP contribution in [-0.4, -0.2) is 10.1 Å². The Balaban J connectivity index is 2.12. The second kappa shape index (κ2) is 2.86. The molecule has 2 aromatic rings. The highest BCUT2D eigenvalue weighted by Crippen LogP contribution is 2.55.